The molecule has 1 saturated carbocycles. The Morgan fingerprint density at radius 3 is 2.57 bits per heavy atom. The highest BCUT2D eigenvalue weighted by Crippen LogP contribution is 2.31. The molecule has 2 saturated heterocycles. The van der Waals surface area contributed by atoms with E-state index in [-0.39, 0.29) is 23.5 Å². The highest BCUT2D eigenvalue weighted by atomic mass is 32.1. The topological polar surface area (TPSA) is 93.7 Å². The summed E-state index contributed by atoms with van der Waals surface area (Å²) in [5.41, 5.74) is 2.82. The summed E-state index contributed by atoms with van der Waals surface area (Å²) in [5, 5.41) is 2.78. The molecule has 11 heteroatoms. The first-order valence-electron chi connectivity index (χ1n) is 17.0. The molecule has 0 unspecified atom stereocenters. The number of aryl methyl sites for hydroxylation is 1. The summed E-state index contributed by atoms with van der Waals surface area (Å²) in [5.74, 6) is 0.134. The molecule has 0 bridgehead atoms. The van der Waals surface area contributed by atoms with Crippen LogP contribution in [0.2, 0.25) is 0 Å². The molecule has 0 radical (unpaired) electrons. The van der Waals surface area contributed by atoms with Gasteiger partial charge in [-0.15, -0.1) is 11.3 Å². The van der Waals surface area contributed by atoms with Crippen LogP contribution in [0.3, 0.4) is 0 Å². The molecule has 254 valence electrons. The van der Waals surface area contributed by atoms with Crippen molar-refractivity contribution in [3.63, 3.8) is 0 Å². The second-order valence-electron chi connectivity index (χ2n) is 13.0. The third kappa shape index (κ3) is 9.58. The van der Waals surface area contributed by atoms with Gasteiger partial charge in [-0.3, -0.25) is 14.5 Å². The second kappa shape index (κ2) is 17.1. The maximum absolute atomic E-state index is 13.2. The van der Waals surface area contributed by atoms with Gasteiger partial charge in [0.05, 0.1) is 49.9 Å². The van der Waals surface area contributed by atoms with Gasteiger partial charge in [-0.25, -0.2) is 4.98 Å². The molecule has 2 aliphatic heterocycles. The summed E-state index contributed by atoms with van der Waals surface area (Å²) in [4.78, 5) is 37.0. The Morgan fingerprint density at radius 2 is 1.85 bits per heavy atom. The van der Waals surface area contributed by atoms with Gasteiger partial charge in [0.2, 0.25) is 5.91 Å². The SMILES string of the molecule is COC(CN(C(=O)CCOCCc1cccc(CN2CCC3(CC2)CN(C(=O)c2csc(C)n2)CCO3)c1)C1CCCCC1)OC. The molecule has 3 fully saturated rings. The number of carbonyl (C=O) groups excluding carboxylic acids is 2. The molecule has 3 heterocycles. The Kier molecular flexibility index (Phi) is 13.0. The van der Waals surface area contributed by atoms with E-state index >= 15 is 0 Å². The van der Waals surface area contributed by atoms with E-state index in [1.54, 1.807) is 14.2 Å². The lowest BCUT2D eigenvalue weighted by molar-refractivity contribution is -0.151. The number of hydrogen-bond acceptors (Lipinski definition) is 9. The minimum absolute atomic E-state index is 0.0190. The zero-order chi connectivity index (χ0) is 32.4. The van der Waals surface area contributed by atoms with Gasteiger partial charge in [0.1, 0.15) is 5.69 Å². The van der Waals surface area contributed by atoms with E-state index in [1.165, 1.54) is 28.9 Å². The van der Waals surface area contributed by atoms with Crippen molar-refractivity contribution >= 4 is 23.2 Å². The van der Waals surface area contributed by atoms with E-state index in [0.29, 0.717) is 51.6 Å². The Bertz CT molecular complexity index is 1260. The fourth-order valence-electron chi connectivity index (χ4n) is 7.05. The lowest BCUT2D eigenvalue weighted by atomic mass is 9.89. The molecule has 2 aromatic rings. The van der Waals surface area contributed by atoms with Crippen LogP contribution in [0.25, 0.3) is 0 Å². The molecule has 46 heavy (non-hydrogen) atoms. The van der Waals surface area contributed by atoms with Gasteiger partial charge < -0.3 is 28.7 Å². The van der Waals surface area contributed by atoms with Crippen molar-refractivity contribution in [3.05, 3.63) is 51.5 Å². The third-order valence-corrected chi connectivity index (χ3v) is 10.5. The minimum Gasteiger partial charge on any atom is -0.381 e. The van der Waals surface area contributed by atoms with Gasteiger partial charge in [-0.2, -0.15) is 0 Å². The minimum atomic E-state index is -0.412. The van der Waals surface area contributed by atoms with Crippen molar-refractivity contribution in [2.45, 2.75) is 89.2 Å². The number of methoxy groups -OCH3 is 2. The van der Waals surface area contributed by atoms with Gasteiger partial charge in [0, 0.05) is 51.8 Å². The van der Waals surface area contributed by atoms with E-state index in [4.69, 9.17) is 18.9 Å². The number of hydrogen-bond donors (Lipinski definition) is 0. The van der Waals surface area contributed by atoms with E-state index in [1.807, 2.05) is 22.1 Å². The maximum atomic E-state index is 13.2. The van der Waals surface area contributed by atoms with Crippen molar-refractivity contribution < 1.29 is 28.5 Å². The molecule has 0 atom stereocenters. The standard InChI is InChI=1S/C35H52N4O6S/c1-27-36-31(25-46-27)34(41)38-18-21-45-35(26-38)14-16-37(17-15-35)23-29-9-7-8-28(22-29)12-19-44-20-13-32(40)39(24-33(42-2)43-3)30-10-5-4-6-11-30/h7-9,22,25,30,33H,4-6,10-21,23-24,26H2,1-3H3. The summed E-state index contributed by atoms with van der Waals surface area (Å²) in [6.45, 7) is 7.98. The number of morpholine rings is 1. The zero-order valence-electron chi connectivity index (χ0n) is 27.9. The highest BCUT2D eigenvalue weighted by Gasteiger charge is 2.41. The smallest absolute Gasteiger partial charge is 0.273 e. The molecule has 1 aromatic heterocycles. The van der Waals surface area contributed by atoms with Crippen LogP contribution in [0.5, 0.6) is 0 Å². The van der Waals surface area contributed by atoms with Crippen molar-refractivity contribution in [1.82, 2.24) is 19.7 Å². The lowest BCUT2D eigenvalue weighted by Crippen LogP contribution is -2.58. The Labute approximate surface area is 278 Å². The molecule has 0 N–H and O–H groups in total. The largest absolute Gasteiger partial charge is 0.381 e. The van der Waals surface area contributed by atoms with Gasteiger partial charge in [0.15, 0.2) is 6.29 Å². The normalized spacial score (nSPS) is 19.2. The number of nitrogens with zero attached hydrogens (tertiary/aromatic N) is 4. The first-order chi connectivity index (χ1) is 22.4. The molecule has 10 nitrogen and oxygen atoms in total. The molecule has 5 rings (SSSR count). The molecule has 2 amide bonds. The van der Waals surface area contributed by atoms with Gasteiger partial charge in [0.25, 0.3) is 5.91 Å². The van der Waals surface area contributed by atoms with E-state index in [9.17, 15) is 9.59 Å². The summed E-state index contributed by atoms with van der Waals surface area (Å²) in [6.07, 6.45) is 8.24. The summed E-state index contributed by atoms with van der Waals surface area (Å²) in [6, 6.07) is 8.99. The van der Waals surface area contributed by atoms with Gasteiger partial charge >= 0.3 is 0 Å². The Balaban J connectivity index is 1.03. The van der Waals surface area contributed by atoms with Crippen LogP contribution in [0, 0.1) is 6.92 Å². The number of ether oxygens (including phenoxy) is 4. The van der Waals surface area contributed by atoms with Crippen LogP contribution < -0.4 is 0 Å². The number of carbonyl (C=O) groups is 2. The molecule has 3 aliphatic rings. The van der Waals surface area contributed by atoms with Gasteiger partial charge in [-0.05, 0) is 50.2 Å². The lowest BCUT2D eigenvalue weighted by Gasteiger charge is -2.47. The molecular formula is C35H52N4O6S. The van der Waals surface area contributed by atoms with Gasteiger partial charge in [-0.1, -0.05) is 43.5 Å². The predicted molar refractivity (Wildman–Crippen MR) is 178 cm³/mol. The van der Waals surface area contributed by atoms with Crippen LogP contribution in [0.15, 0.2) is 29.6 Å². The molecule has 1 spiro atoms. The van der Waals surface area contributed by atoms with Crippen molar-refractivity contribution in [1.29, 1.82) is 0 Å². The summed E-state index contributed by atoms with van der Waals surface area (Å²) in [7, 11) is 3.24. The fourth-order valence-corrected chi connectivity index (χ4v) is 7.64. The summed E-state index contributed by atoms with van der Waals surface area (Å²) < 4.78 is 23.1. The number of aromatic nitrogens is 1. The molecule has 1 aromatic carbocycles. The van der Waals surface area contributed by atoms with Crippen LogP contribution >= 0.6 is 11.3 Å². The molecule has 1 aliphatic carbocycles. The van der Waals surface area contributed by atoms with E-state index in [2.05, 4.69) is 34.1 Å². The number of piperidine rings is 1. The number of rotatable bonds is 14. The third-order valence-electron chi connectivity index (χ3n) is 9.74. The fraction of sp³-hybridized carbons (Fsp3) is 0.686. The van der Waals surface area contributed by atoms with Crippen LogP contribution in [-0.4, -0.2) is 116 Å². The maximum Gasteiger partial charge on any atom is 0.273 e. The quantitative estimate of drug-likeness (QED) is 0.214. The van der Waals surface area contributed by atoms with E-state index < -0.39 is 6.29 Å². The summed E-state index contributed by atoms with van der Waals surface area (Å²) >= 11 is 1.52. The van der Waals surface area contributed by atoms with Crippen LogP contribution in [0.4, 0.5) is 0 Å². The number of amides is 2. The first-order valence-corrected chi connectivity index (χ1v) is 17.8. The predicted octanol–water partition coefficient (Wildman–Crippen LogP) is 4.69. The van der Waals surface area contributed by atoms with Crippen molar-refractivity contribution in [3.8, 4) is 0 Å². The Hall–Kier alpha value is -2.41. The Morgan fingerprint density at radius 1 is 1.09 bits per heavy atom. The number of likely N-dealkylation sites (tertiary alicyclic amines) is 1. The molecular weight excluding hydrogens is 604 g/mol. The number of thiazole rings is 1. The zero-order valence-corrected chi connectivity index (χ0v) is 28.7. The number of benzene rings is 1. The first kappa shape index (κ1) is 34.9. The average molecular weight is 657 g/mol. The monoisotopic (exact) mass is 656 g/mol. The average Bonchev–Trinajstić information content (AvgIpc) is 3.52. The van der Waals surface area contributed by atoms with Crippen molar-refractivity contribution in [2.75, 3.05) is 66.8 Å². The highest BCUT2D eigenvalue weighted by molar-refractivity contribution is 7.09. The van der Waals surface area contributed by atoms with Crippen LogP contribution in [0.1, 0.15) is 78.0 Å². The van der Waals surface area contributed by atoms with E-state index in [0.717, 1.165) is 69.6 Å². The second-order valence-corrected chi connectivity index (χ2v) is 14.0. The van der Waals surface area contributed by atoms with Crippen LogP contribution in [-0.2, 0) is 36.7 Å². The van der Waals surface area contributed by atoms with Crippen molar-refractivity contribution in [2.24, 2.45) is 0 Å².